The van der Waals surface area contributed by atoms with Crippen LogP contribution in [0.2, 0.25) is 0 Å². The molecule has 2 nitrogen and oxygen atoms in total. The molecule has 0 N–H and O–H groups in total. The third-order valence-electron chi connectivity index (χ3n) is 6.44. The Morgan fingerprint density at radius 2 is 1.52 bits per heavy atom. The molecule has 1 atom stereocenters. The zero-order chi connectivity index (χ0) is 22.8. The van der Waals surface area contributed by atoms with E-state index in [2.05, 4.69) is 65.6 Å². The van der Waals surface area contributed by atoms with Crippen LogP contribution in [0.3, 0.4) is 0 Å². The van der Waals surface area contributed by atoms with E-state index in [1.165, 1.54) is 32.5 Å². The molecule has 0 fully saturated rings. The van der Waals surface area contributed by atoms with Crippen LogP contribution in [0.1, 0.15) is 29.9 Å². The fraction of sp³-hybridized carbons (Fsp3) is 0.172. The lowest BCUT2D eigenvalue weighted by molar-refractivity contribution is -0.119. The Kier molecular flexibility index (Phi) is 6.30. The number of carbonyl (C=O) groups excluding carboxylic acids is 1. The van der Waals surface area contributed by atoms with Gasteiger partial charge in [-0.3, -0.25) is 9.78 Å². The average molecular weight is 472 g/mol. The first-order valence-electron chi connectivity index (χ1n) is 11.2. The number of pyridine rings is 1. The monoisotopic (exact) mass is 471 g/mol. The molecule has 1 aliphatic carbocycles. The van der Waals surface area contributed by atoms with Gasteiger partial charge in [0, 0.05) is 17.5 Å². The second-order valence-electron chi connectivity index (χ2n) is 8.36. The molecule has 4 aromatic carbocycles. The molecular weight excluding hydrogens is 449 g/mol. The number of benzene rings is 4. The standard InChI is InChI=1S/C20H16Cl2O.C9H7N/c21-20(22)19(23)18-7-3-6-14-16-9-8-12-4-1-2-5-13(12)15(16)10-11-17(14)18;1-2-6-9-8(4-1)5-3-7-10-9/h1-2,4-5,8-11,18,20H,3,6-7H2;1-7H. The third-order valence-corrected chi connectivity index (χ3v) is 6.87. The summed E-state index contributed by atoms with van der Waals surface area (Å²) in [7, 11) is 0. The molecule has 5 aromatic rings. The lowest BCUT2D eigenvalue weighted by Gasteiger charge is -2.26. The van der Waals surface area contributed by atoms with Gasteiger partial charge in [0.2, 0.25) is 0 Å². The van der Waals surface area contributed by atoms with E-state index in [1.54, 1.807) is 0 Å². The number of hydrogen-bond donors (Lipinski definition) is 0. The maximum Gasteiger partial charge on any atom is 0.173 e. The van der Waals surface area contributed by atoms with Gasteiger partial charge in [-0.05, 0) is 64.1 Å². The van der Waals surface area contributed by atoms with Crippen molar-refractivity contribution in [3.63, 3.8) is 0 Å². The highest BCUT2D eigenvalue weighted by molar-refractivity contribution is 6.54. The molecule has 33 heavy (non-hydrogen) atoms. The molecule has 0 amide bonds. The van der Waals surface area contributed by atoms with E-state index in [1.807, 2.05) is 30.5 Å². The summed E-state index contributed by atoms with van der Waals surface area (Å²) in [4.78, 5) is 15.6. The van der Waals surface area contributed by atoms with E-state index in [0.29, 0.717) is 0 Å². The van der Waals surface area contributed by atoms with Gasteiger partial charge in [-0.25, -0.2) is 0 Å². The highest BCUT2D eigenvalue weighted by Crippen LogP contribution is 2.39. The van der Waals surface area contributed by atoms with Crippen molar-refractivity contribution in [3.05, 3.63) is 102 Å². The van der Waals surface area contributed by atoms with Crippen LogP contribution < -0.4 is 0 Å². The topological polar surface area (TPSA) is 30.0 Å². The maximum absolute atomic E-state index is 12.3. The first kappa shape index (κ1) is 21.9. The zero-order valence-electron chi connectivity index (χ0n) is 18.0. The normalized spacial score (nSPS) is 15.3. The molecule has 0 spiro atoms. The van der Waals surface area contributed by atoms with Gasteiger partial charge in [-0.1, -0.05) is 96.0 Å². The minimum Gasteiger partial charge on any atom is -0.296 e. The summed E-state index contributed by atoms with van der Waals surface area (Å²) in [6, 6.07) is 29.1. The van der Waals surface area contributed by atoms with E-state index in [9.17, 15) is 4.79 Å². The first-order valence-corrected chi connectivity index (χ1v) is 12.1. The molecule has 1 unspecified atom stereocenters. The minimum absolute atomic E-state index is 0.0746. The number of halogens is 2. The Balaban J connectivity index is 0.000000190. The van der Waals surface area contributed by atoms with Gasteiger partial charge in [-0.2, -0.15) is 0 Å². The summed E-state index contributed by atoms with van der Waals surface area (Å²) in [6.45, 7) is 0. The largest absolute Gasteiger partial charge is 0.296 e. The highest BCUT2D eigenvalue weighted by Gasteiger charge is 2.30. The van der Waals surface area contributed by atoms with Crippen LogP contribution in [-0.4, -0.2) is 15.6 Å². The molecule has 4 heteroatoms. The number of carbonyl (C=O) groups is 1. The molecule has 0 aliphatic heterocycles. The number of aryl methyl sites for hydroxylation is 1. The van der Waals surface area contributed by atoms with Crippen molar-refractivity contribution >= 4 is 61.4 Å². The highest BCUT2D eigenvalue weighted by atomic mass is 35.5. The Bertz CT molecular complexity index is 1400. The molecule has 1 heterocycles. The Labute approximate surface area is 203 Å². The van der Waals surface area contributed by atoms with Crippen molar-refractivity contribution in [2.45, 2.75) is 30.0 Å². The number of nitrogens with zero attached hydrogens (tertiary/aromatic N) is 1. The number of para-hydroxylation sites is 1. The molecule has 164 valence electrons. The van der Waals surface area contributed by atoms with Crippen LogP contribution in [0, 0.1) is 0 Å². The number of alkyl halides is 2. The molecule has 0 saturated carbocycles. The van der Waals surface area contributed by atoms with Crippen LogP contribution in [0.25, 0.3) is 32.4 Å². The number of ketones is 1. The second kappa shape index (κ2) is 9.51. The smallest absolute Gasteiger partial charge is 0.173 e. The van der Waals surface area contributed by atoms with Crippen molar-refractivity contribution in [3.8, 4) is 0 Å². The van der Waals surface area contributed by atoms with Crippen molar-refractivity contribution in [2.75, 3.05) is 0 Å². The molecule has 0 saturated heterocycles. The average Bonchev–Trinajstić information content (AvgIpc) is 2.88. The fourth-order valence-electron chi connectivity index (χ4n) is 4.88. The summed E-state index contributed by atoms with van der Waals surface area (Å²) in [5.41, 5.74) is 3.45. The van der Waals surface area contributed by atoms with Crippen LogP contribution in [0.4, 0.5) is 0 Å². The predicted molar refractivity (Wildman–Crippen MR) is 139 cm³/mol. The number of Topliss-reactive ketones (excluding diaryl/α,β-unsaturated/α-hetero) is 1. The minimum atomic E-state index is -0.946. The van der Waals surface area contributed by atoms with Crippen molar-refractivity contribution in [1.29, 1.82) is 0 Å². The lowest BCUT2D eigenvalue weighted by Crippen LogP contribution is -2.23. The number of rotatable bonds is 2. The number of hydrogen-bond acceptors (Lipinski definition) is 2. The molecule has 6 rings (SSSR count). The Morgan fingerprint density at radius 1 is 0.788 bits per heavy atom. The summed E-state index contributed by atoms with van der Waals surface area (Å²) >= 11 is 11.7. The fourth-order valence-corrected chi connectivity index (χ4v) is 5.18. The SMILES string of the molecule is O=C(C(Cl)Cl)C1CCCc2c1ccc1c2ccc2ccccc21.c1ccc2ncccc2c1. The summed E-state index contributed by atoms with van der Waals surface area (Å²) in [5.74, 6) is -0.246. The molecular formula is C29H23Cl2NO. The van der Waals surface area contributed by atoms with E-state index in [0.717, 1.165) is 30.3 Å². The number of aromatic nitrogens is 1. The van der Waals surface area contributed by atoms with Crippen molar-refractivity contribution < 1.29 is 4.79 Å². The first-order chi connectivity index (χ1) is 16.1. The van der Waals surface area contributed by atoms with Crippen LogP contribution in [0.15, 0.2) is 91.1 Å². The van der Waals surface area contributed by atoms with E-state index in [-0.39, 0.29) is 11.7 Å². The van der Waals surface area contributed by atoms with Gasteiger partial charge >= 0.3 is 0 Å². The van der Waals surface area contributed by atoms with Crippen molar-refractivity contribution in [1.82, 2.24) is 4.98 Å². The Morgan fingerprint density at radius 3 is 2.33 bits per heavy atom. The summed E-state index contributed by atoms with van der Waals surface area (Å²) in [5, 5.41) is 6.20. The third kappa shape index (κ3) is 4.34. The van der Waals surface area contributed by atoms with Gasteiger partial charge in [-0.15, -0.1) is 0 Å². The Hall–Kier alpha value is -2.94. The van der Waals surface area contributed by atoms with Gasteiger partial charge in [0.15, 0.2) is 10.6 Å². The van der Waals surface area contributed by atoms with Gasteiger partial charge in [0.05, 0.1) is 5.52 Å². The molecule has 1 aliphatic rings. The summed E-state index contributed by atoms with van der Waals surface area (Å²) in [6.07, 6.45) is 4.64. The van der Waals surface area contributed by atoms with Gasteiger partial charge in [0.1, 0.15) is 0 Å². The second-order valence-corrected chi connectivity index (χ2v) is 9.46. The summed E-state index contributed by atoms with van der Waals surface area (Å²) < 4.78 is 0. The van der Waals surface area contributed by atoms with Gasteiger partial charge in [0.25, 0.3) is 0 Å². The molecule has 0 bridgehead atoms. The quantitative estimate of drug-likeness (QED) is 0.192. The zero-order valence-corrected chi connectivity index (χ0v) is 19.6. The molecule has 1 aromatic heterocycles. The predicted octanol–water partition coefficient (Wildman–Crippen LogP) is 8.02. The van der Waals surface area contributed by atoms with Crippen LogP contribution in [-0.2, 0) is 11.2 Å². The lowest BCUT2D eigenvalue weighted by atomic mass is 9.78. The van der Waals surface area contributed by atoms with Crippen LogP contribution in [0.5, 0.6) is 0 Å². The van der Waals surface area contributed by atoms with Crippen molar-refractivity contribution in [2.24, 2.45) is 0 Å². The molecule has 0 radical (unpaired) electrons. The number of fused-ring (bicyclic) bond motifs is 6. The van der Waals surface area contributed by atoms with E-state index >= 15 is 0 Å². The maximum atomic E-state index is 12.3. The van der Waals surface area contributed by atoms with E-state index < -0.39 is 4.84 Å². The van der Waals surface area contributed by atoms with Gasteiger partial charge < -0.3 is 0 Å². The van der Waals surface area contributed by atoms with E-state index in [4.69, 9.17) is 23.2 Å². The van der Waals surface area contributed by atoms with Crippen LogP contribution >= 0.6 is 23.2 Å².